The zero-order chi connectivity index (χ0) is 16.3. The number of hydrogen-bond donors (Lipinski definition) is 2. The molecule has 0 aromatic heterocycles. The average Bonchev–Trinajstić information content (AvgIpc) is 2.44. The maximum Gasteiger partial charge on any atom is 0.404 e. The molecule has 0 radical (unpaired) electrons. The van der Waals surface area contributed by atoms with Crippen molar-refractivity contribution in [3.63, 3.8) is 0 Å². The second-order valence-corrected chi connectivity index (χ2v) is 12.2. The van der Waals surface area contributed by atoms with Gasteiger partial charge in [0.15, 0.2) is 29.3 Å². The van der Waals surface area contributed by atoms with Crippen LogP contribution in [0.5, 0.6) is 0 Å². The number of carbonyl (C=O) groups is 1. The first-order chi connectivity index (χ1) is 9.94. The molecule has 0 rings (SSSR count). The van der Waals surface area contributed by atoms with Crippen molar-refractivity contribution in [1.82, 2.24) is 5.32 Å². The molecule has 2 N–H and O–H groups in total. The summed E-state index contributed by atoms with van der Waals surface area (Å²) < 4.78 is 17.2. The van der Waals surface area contributed by atoms with Gasteiger partial charge in [0.2, 0.25) is 0 Å². The van der Waals surface area contributed by atoms with Gasteiger partial charge < -0.3 is 23.7 Å². The molecule has 0 aliphatic carbocycles. The van der Waals surface area contributed by atoms with Gasteiger partial charge in [0.05, 0.1) is 0 Å². The van der Waals surface area contributed by atoms with Crippen LogP contribution < -0.4 is 5.32 Å². The summed E-state index contributed by atoms with van der Waals surface area (Å²) >= 11 is 0. The minimum Gasteiger partial charge on any atom is -0.465 e. The van der Waals surface area contributed by atoms with Crippen LogP contribution in [0.15, 0.2) is 0 Å². The Labute approximate surface area is 135 Å². The molecule has 0 aromatic rings. The molecule has 0 saturated carbocycles. The van der Waals surface area contributed by atoms with E-state index in [2.05, 4.69) is 12.2 Å². The highest BCUT2D eigenvalue weighted by Crippen LogP contribution is 2.41. The first-order valence-corrected chi connectivity index (χ1v) is 11.6. The van der Waals surface area contributed by atoms with Gasteiger partial charge in [0.25, 0.3) is 0 Å². The number of carboxylic acid groups (broad SMARTS) is 1. The summed E-state index contributed by atoms with van der Waals surface area (Å²) in [5, 5.41) is 11.7. The molecule has 0 bridgehead atoms. The van der Waals surface area contributed by atoms with Gasteiger partial charge in [-0.1, -0.05) is 6.92 Å². The van der Waals surface area contributed by atoms with Gasteiger partial charge in [-0.15, -0.1) is 0 Å². The monoisotopic (exact) mass is 353 g/mol. The zero-order valence-corrected chi connectivity index (χ0v) is 18.2. The molecule has 9 heteroatoms. The van der Waals surface area contributed by atoms with E-state index in [1.807, 2.05) is 27.7 Å². The first kappa shape index (κ1) is 20.8. The van der Waals surface area contributed by atoms with Gasteiger partial charge in [-0.05, 0) is 33.2 Å². The van der Waals surface area contributed by atoms with E-state index in [-0.39, 0.29) is 10.7 Å². The van der Waals surface area contributed by atoms with Crippen molar-refractivity contribution >= 4 is 35.4 Å². The lowest BCUT2D eigenvalue weighted by molar-refractivity contribution is 0.187. The fourth-order valence-electron chi connectivity index (χ4n) is 2.38. The Balaban J connectivity index is 5.21. The summed E-state index contributed by atoms with van der Waals surface area (Å²) in [5.74, 6) is 0. The smallest absolute Gasteiger partial charge is 0.404 e. The van der Waals surface area contributed by atoms with Crippen LogP contribution in [-0.4, -0.2) is 66.4 Å². The highest BCUT2D eigenvalue weighted by atomic mass is 28.3. The molecule has 126 valence electrons. The van der Waals surface area contributed by atoms with Gasteiger partial charge in [-0.3, -0.25) is 0 Å². The van der Waals surface area contributed by atoms with E-state index >= 15 is 0 Å². The molecule has 2 unspecified atom stereocenters. The van der Waals surface area contributed by atoms with Gasteiger partial charge in [-0.25, -0.2) is 4.79 Å². The predicted octanol–water partition coefficient (Wildman–Crippen LogP) is -0.0720. The Morgan fingerprint density at radius 2 is 1.57 bits per heavy atom. The van der Waals surface area contributed by atoms with Crippen molar-refractivity contribution in [3.8, 4) is 0 Å². The summed E-state index contributed by atoms with van der Waals surface area (Å²) in [5.41, 5.74) is 0.357. The van der Waals surface area contributed by atoms with Crippen molar-refractivity contribution in [3.05, 3.63) is 0 Å². The highest BCUT2D eigenvalue weighted by molar-refractivity contribution is 6.59. The molecule has 0 saturated heterocycles. The molecule has 0 spiro atoms. The molecule has 0 aromatic carbocycles. The molecule has 0 fully saturated rings. The van der Waals surface area contributed by atoms with E-state index in [0.717, 1.165) is 6.61 Å². The van der Waals surface area contributed by atoms with Crippen LogP contribution in [0, 0.1) is 0 Å². The van der Waals surface area contributed by atoms with Crippen LogP contribution in [0.1, 0.15) is 34.6 Å². The maximum absolute atomic E-state index is 11.1. The van der Waals surface area contributed by atoms with Crippen LogP contribution in [0.4, 0.5) is 4.79 Å². The van der Waals surface area contributed by atoms with E-state index in [0.29, 0.717) is 18.8 Å². The minimum atomic E-state index is -0.979. The fourth-order valence-corrected chi connectivity index (χ4v) is 8.71. The van der Waals surface area contributed by atoms with E-state index in [1.165, 1.54) is 0 Å². The molecule has 6 nitrogen and oxygen atoms in total. The molecule has 0 aliphatic rings. The average molecular weight is 354 g/mol. The topological polar surface area (TPSA) is 77.0 Å². The van der Waals surface area contributed by atoms with Gasteiger partial charge >= 0.3 is 6.09 Å². The lowest BCUT2D eigenvalue weighted by Gasteiger charge is -2.42. The second-order valence-electron chi connectivity index (χ2n) is 5.24. The molecular formula is C12H31NO5Si3. The Morgan fingerprint density at radius 3 is 1.95 bits per heavy atom. The minimum absolute atomic E-state index is 0.119. The molecule has 1 amide bonds. The van der Waals surface area contributed by atoms with Crippen LogP contribution in [0.2, 0.25) is 10.2 Å². The SMILES string of the molecule is CCO[SiH2]C(C)C([SiH2]OCC)([SiH2]OCC)C(C)NC(=O)O. The third-order valence-corrected chi connectivity index (χ3v) is 13.2. The lowest BCUT2D eigenvalue weighted by atomic mass is 10.1. The number of rotatable bonds is 12. The molecular weight excluding hydrogens is 322 g/mol. The maximum atomic E-state index is 11.1. The molecule has 21 heavy (non-hydrogen) atoms. The third kappa shape index (κ3) is 7.06. The van der Waals surface area contributed by atoms with E-state index in [1.54, 1.807) is 0 Å². The summed E-state index contributed by atoms with van der Waals surface area (Å²) in [6.45, 7) is 12.2. The number of amides is 1. The van der Waals surface area contributed by atoms with Crippen molar-refractivity contribution in [1.29, 1.82) is 0 Å². The van der Waals surface area contributed by atoms with Gasteiger partial charge in [-0.2, -0.15) is 0 Å². The predicted molar refractivity (Wildman–Crippen MR) is 93.2 cm³/mol. The summed E-state index contributed by atoms with van der Waals surface area (Å²) in [7, 11) is -2.53. The highest BCUT2D eigenvalue weighted by Gasteiger charge is 2.44. The van der Waals surface area contributed by atoms with Crippen molar-refractivity contribution in [2.45, 2.75) is 50.9 Å². The van der Waals surface area contributed by atoms with Crippen molar-refractivity contribution < 1.29 is 23.2 Å². The first-order valence-electron chi connectivity index (χ1n) is 7.67. The summed E-state index contributed by atoms with van der Waals surface area (Å²) in [6, 6.07) is -0.144. The Morgan fingerprint density at radius 1 is 1.10 bits per heavy atom. The van der Waals surface area contributed by atoms with E-state index in [9.17, 15) is 4.79 Å². The third-order valence-electron chi connectivity index (χ3n) is 3.91. The number of nitrogens with one attached hydrogen (secondary N) is 1. The normalized spacial score (nSPS) is 18.7. The Kier molecular flexibility index (Phi) is 11.3. The van der Waals surface area contributed by atoms with Crippen LogP contribution in [0.3, 0.4) is 0 Å². The largest absolute Gasteiger partial charge is 0.465 e. The van der Waals surface area contributed by atoms with Crippen molar-refractivity contribution in [2.75, 3.05) is 19.8 Å². The Bertz CT molecular complexity index is 288. The van der Waals surface area contributed by atoms with Gasteiger partial charge in [0, 0.05) is 30.5 Å². The van der Waals surface area contributed by atoms with E-state index < -0.39 is 35.4 Å². The zero-order valence-electron chi connectivity index (χ0n) is 14.0. The van der Waals surface area contributed by atoms with E-state index in [4.69, 9.17) is 18.4 Å². The lowest BCUT2D eigenvalue weighted by Crippen LogP contribution is -2.51. The standard InChI is InChI=1S/C12H31NO5Si3/c1-6-16-19-10(5)12(20-17-7-2,21-18-8-3)9(4)13-11(14)15/h9-10,13H,6-8,19-21H2,1-5H3,(H,14,15). The summed E-state index contributed by atoms with van der Waals surface area (Å²) in [6.07, 6.45) is -0.979. The molecule has 2 atom stereocenters. The second kappa shape index (κ2) is 11.4. The van der Waals surface area contributed by atoms with Crippen LogP contribution in [0.25, 0.3) is 0 Å². The van der Waals surface area contributed by atoms with Crippen LogP contribution >= 0.6 is 0 Å². The quantitative estimate of drug-likeness (QED) is 0.480. The number of hydrogen-bond acceptors (Lipinski definition) is 4. The van der Waals surface area contributed by atoms with Gasteiger partial charge in [0.1, 0.15) is 0 Å². The molecule has 0 heterocycles. The van der Waals surface area contributed by atoms with Crippen molar-refractivity contribution in [2.24, 2.45) is 0 Å². The summed E-state index contributed by atoms with van der Waals surface area (Å²) in [4.78, 5) is 11.1. The fraction of sp³-hybridized carbons (Fsp3) is 0.917. The van der Waals surface area contributed by atoms with Crippen LogP contribution in [-0.2, 0) is 13.3 Å². The molecule has 0 aliphatic heterocycles. The Hall–Kier alpha value is -0.199.